The average molecular weight is 445 g/mol. The maximum atomic E-state index is 12.8. The highest BCUT2D eigenvalue weighted by molar-refractivity contribution is 7.80. The number of rotatable bonds is 7. The van der Waals surface area contributed by atoms with Crippen LogP contribution in [0.1, 0.15) is 25.0 Å². The van der Waals surface area contributed by atoms with Crippen molar-refractivity contribution in [1.82, 2.24) is 10.6 Å². The van der Waals surface area contributed by atoms with E-state index in [4.69, 9.17) is 27.4 Å². The minimum absolute atomic E-state index is 0.103. The Balaban J connectivity index is 2.01. The Labute approximate surface area is 176 Å². The van der Waals surface area contributed by atoms with Gasteiger partial charge in [-0.1, -0.05) is 18.2 Å². The number of ether oxygens (including phenoxy) is 2. The van der Waals surface area contributed by atoms with Gasteiger partial charge < -0.3 is 25.8 Å². The molecular formula is C19H22F3N3O4S. The zero-order valence-corrected chi connectivity index (χ0v) is 17.2. The number of esters is 2. The number of nitrogens with one attached hydrogen (secondary N) is 2. The lowest BCUT2D eigenvalue weighted by Crippen LogP contribution is -2.52. The first-order valence-corrected chi connectivity index (χ1v) is 9.43. The monoisotopic (exact) mass is 445 g/mol. The van der Waals surface area contributed by atoms with E-state index in [1.807, 2.05) is 0 Å². The molecule has 0 spiro atoms. The molecule has 1 aliphatic heterocycles. The predicted octanol–water partition coefficient (Wildman–Crippen LogP) is 1.80. The van der Waals surface area contributed by atoms with Gasteiger partial charge in [0, 0.05) is 12.1 Å². The van der Waals surface area contributed by atoms with Gasteiger partial charge in [0.2, 0.25) is 0 Å². The van der Waals surface area contributed by atoms with Crippen LogP contribution in [-0.2, 0) is 31.7 Å². The molecule has 0 aliphatic carbocycles. The van der Waals surface area contributed by atoms with Crippen molar-refractivity contribution in [3.05, 3.63) is 46.7 Å². The van der Waals surface area contributed by atoms with Crippen LogP contribution < -0.4 is 16.4 Å². The Hall–Kier alpha value is -2.66. The molecule has 0 saturated heterocycles. The van der Waals surface area contributed by atoms with Gasteiger partial charge in [0.15, 0.2) is 5.11 Å². The molecule has 7 nitrogen and oxygen atoms in total. The number of hydrogen-bond donors (Lipinski definition) is 3. The minimum Gasteiger partial charge on any atom is -0.462 e. The highest BCUT2D eigenvalue weighted by atomic mass is 32.1. The highest BCUT2D eigenvalue weighted by Gasteiger charge is 2.32. The Bertz CT molecular complexity index is 856. The number of nitrogens with two attached hydrogens (primary N) is 1. The normalized spacial score (nSPS) is 17.7. The van der Waals surface area contributed by atoms with E-state index in [2.05, 4.69) is 10.6 Å². The van der Waals surface area contributed by atoms with Gasteiger partial charge in [0.1, 0.15) is 12.6 Å². The molecule has 1 heterocycles. The largest absolute Gasteiger partial charge is 0.462 e. The molecule has 11 heteroatoms. The summed E-state index contributed by atoms with van der Waals surface area (Å²) in [5, 5.41) is 5.86. The summed E-state index contributed by atoms with van der Waals surface area (Å²) in [5.41, 5.74) is 5.66. The molecule has 30 heavy (non-hydrogen) atoms. The fraction of sp³-hybridized carbons (Fsp3) is 0.421. The molecule has 2 rings (SSSR count). The number of carbonyl (C=O) groups excluding carboxylic acids is 2. The number of benzene rings is 1. The molecule has 4 N–H and O–H groups in total. The number of halogens is 3. The van der Waals surface area contributed by atoms with Crippen LogP contribution in [0, 0.1) is 0 Å². The third kappa shape index (κ3) is 6.42. The summed E-state index contributed by atoms with van der Waals surface area (Å²) in [6, 6.07) is 3.22. The third-order valence-electron chi connectivity index (χ3n) is 4.22. The van der Waals surface area contributed by atoms with Crippen LogP contribution in [0.4, 0.5) is 13.2 Å². The molecule has 2 atom stereocenters. The molecule has 2 unspecified atom stereocenters. The first kappa shape index (κ1) is 23.6. The van der Waals surface area contributed by atoms with Crippen molar-refractivity contribution in [2.24, 2.45) is 5.73 Å². The number of alkyl halides is 3. The second-order valence-electron chi connectivity index (χ2n) is 6.69. The quantitative estimate of drug-likeness (QED) is 0.431. The van der Waals surface area contributed by atoms with E-state index in [1.165, 1.54) is 19.1 Å². The molecule has 1 aliphatic rings. The van der Waals surface area contributed by atoms with Gasteiger partial charge >= 0.3 is 18.1 Å². The van der Waals surface area contributed by atoms with E-state index in [0.29, 0.717) is 11.3 Å². The summed E-state index contributed by atoms with van der Waals surface area (Å²) in [6.07, 6.45) is -4.34. The van der Waals surface area contributed by atoms with E-state index in [9.17, 15) is 22.8 Å². The Morgan fingerprint density at radius 1 is 1.30 bits per heavy atom. The topological polar surface area (TPSA) is 103 Å². The van der Waals surface area contributed by atoms with Gasteiger partial charge in [-0.2, -0.15) is 13.2 Å². The lowest BCUT2D eigenvalue weighted by molar-refractivity contribution is -0.146. The molecular weight excluding hydrogens is 423 g/mol. The smallest absolute Gasteiger partial charge is 0.416 e. The number of carbonyl (C=O) groups is 2. The van der Waals surface area contributed by atoms with Crippen LogP contribution >= 0.6 is 12.2 Å². The summed E-state index contributed by atoms with van der Waals surface area (Å²) in [7, 11) is 0. The van der Waals surface area contributed by atoms with Gasteiger partial charge in [-0.15, -0.1) is 0 Å². The summed E-state index contributed by atoms with van der Waals surface area (Å²) in [5.74, 6) is -1.35. The summed E-state index contributed by atoms with van der Waals surface area (Å²) < 4.78 is 48.7. The number of thiocarbonyl (C=S) groups is 1. The van der Waals surface area contributed by atoms with E-state index < -0.39 is 35.8 Å². The van der Waals surface area contributed by atoms with Gasteiger partial charge in [-0.25, -0.2) is 4.79 Å². The van der Waals surface area contributed by atoms with E-state index in [1.54, 1.807) is 6.92 Å². The maximum Gasteiger partial charge on any atom is 0.416 e. The van der Waals surface area contributed by atoms with Gasteiger partial charge in [-0.05, 0) is 37.7 Å². The molecule has 0 bridgehead atoms. The Morgan fingerprint density at radius 3 is 2.63 bits per heavy atom. The van der Waals surface area contributed by atoms with E-state index in [-0.39, 0.29) is 30.3 Å². The molecule has 0 amide bonds. The van der Waals surface area contributed by atoms with Crippen molar-refractivity contribution >= 4 is 29.3 Å². The Morgan fingerprint density at radius 2 is 2.00 bits per heavy atom. The van der Waals surface area contributed by atoms with Crippen molar-refractivity contribution in [3.8, 4) is 0 Å². The van der Waals surface area contributed by atoms with Crippen LogP contribution in [0.3, 0.4) is 0 Å². The van der Waals surface area contributed by atoms with Crippen LogP contribution in [-0.4, -0.2) is 42.3 Å². The molecule has 164 valence electrons. The van der Waals surface area contributed by atoms with Gasteiger partial charge in [-0.3, -0.25) is 4.79 Å². The van der Waals surface area contributed by atoms with E-state index in [0.717, 1.165) is 12.1 Å². The van der Waals surface area contributed by atoms with Crippen LogP contribution in [0.5, 0.6) is 0 Å². The van der Waals surface area contributed by atoms with Crippen molar-refractivity contribution in [1.29, 1.82) is 0 Å². The molecule has 0 aromatic heterocycles. The molecule has 1 aromatic carbocycles. The summed E-state index contributed by atoms with van der Waals surface area (Å²) in [6.45, 7) is 2.75. The van der Waals surface area contributed by atoms with Crippen molar-refractivity contribution in [2.45, 2.75) is 38.5 Å². The number of allylic oxidation sites excluding steroid dienone is 1. The van der Waals surface area contributed by atoms with Crippen LogP contribution in [0.2, 0.25) is 0 Å². The molecule has 0 fully saturated rings. The molecule has 1 aromatic rings. The van der Waals surface area contributed by atoms with Crippen molar-refractivity contribution in [2.75, 3.05) is 13.2 Å². The fourth-order valence-corrected chi connectivity index (χ4v) is 3.02. The first-order chi connectivity index (χ1) is 14.0. The average Bonchev–Trinajstić information content (AvgIpc) is 2.64. The molecule has 0 saturated carbocycles. The van der Waals surface area contributed by atoms with Gasteiger partial charge in [0.25, 0.3) is 0 Å². The first-order valence-electron chi connectivity index (χ1n) is 9.02. The lowest BCUT2D eigenvalue weighted by Gasteiger charge is -2.29. The number of hydrogen-bond acceptors (Lipinski definition) is 6. The second-order valence-corrected chi connectivity index (χ2v) is 7.10. The standard InChI is InChI=1S/C19H22F3N3O4S/c1-10(23)16(26)29-9-14-15(11(2)24-18(30)25-14)17(27)28-7-6-12-4-3-5-13(8-12)19(20,21)22/h3-5,8,10,14H,6-7,9,23H2,1-2H3,(H2,24,25,30). The van der Waals surface area contributed by atoms with Crippen molar-refractivity contribution in [3.63, 3.8) is 0 Å². The maximum absolute atomic E-state index is 12.8. The fourth-order valence-electron chi connectivity index (χ4n) is 2.73. The minimum atomic E-state index is -4.45. The third-order valence-corrected chi connectivity index (χ3v) is 4.44. The highest BCUT2D eigenvalue weighted by Crippen LogP contribution is 2.29. The van der Waals surface area contributed by atoms with Crippen molar-refractivity contribution < 1.29 is 32.2 Å². The SMILES string of the molecule is CC1=C(C(=O)OCCc2cccc(C(F)(F)F)c2)C(COC(=O)C(C)N)NC(=S)N1. The van der Waals surface area contributed by atoms with Crippen LogP contribution in [0.15, 0.2) is 35.5 Å². The van der Waals surface area contributed by atoms with E-state index >= 15 is 0 Å². The predicted molar refractivity (Wildman–Crippen MR) is 106 cm³/mol. The van der Waals surface area contributed by atoms with Gasteiger partial charge in [0.05, 0.1) is 23.8 Å². The lowest BCUT2D eigenvalue weighted by atomic mass is 10.0. The Kier molecular flexibility index (Phi) is 7.79. The second kappa shape index (κ2) is 9.90. The summed E-state index contributed by atoms with van der Waals surface area (Å²) >= 11 is 5.06. The zero-order chi connectivity index (χ0) is 22.5. The summed E-state index contributed by atoms with van der Waals surface area (Å²) in [4.78, 5) is 24.2. The zero-order valence-electron chi connectivity index (χ0n) is 16.3. The molecule has 0 radical (unpaired) electrons. The van der Waals surface area contributed by atoms with Crippen LogP contribution in [0.25, 0.3) is 0 Å².